The van der Waals surface area contributed by atoms with Gasteiger partial charge in [0.2, 0.25) is 0 Å². The third kappa shape index (κ3) is 7.50. The first-order valence-electron chi connectivity index (χ1n) is 19.3. The van der Waals surface area contributed by atoms with Crippen LogP contribution in [-0.2, 0) is 20.1 Å². The standard InChI is InChI=1S/C38H25N2O.C14H16NSi.Ir/c1-25-22-23-30-31-18-11-19-32(37(31)41-35(30)24-25)38-39-33-20-8-9-21-34(33)40(38)36-28(26-12-4-2-5-13-26)16-10-17-29(36)27-14-6-3-7-15-27;1-16(2,3)13-9-10-14(15-11-13)12-7-5-4-6-8-12;/h2-18,20-24H,1H3;4-7,9-11H,1-3H3;/q2*-1;. The number of imidazole rings is 1. The van der Waals surface area contributed by atoms with Gasteiger partial charge in [0.05, 0.1) is 36.2 Å². The fraction of sp³-hybridized carbons (Fsp3) is 0.0769. The Hall–Kier alpha value is -6.17. The zero-order valence-electron chi connectivity index (χ0n) is 32.8. The Balaban J connectivity index is 0.000000233. The molecule has 3 aromatic heterocycles. The van der Waals surface area contributed by atoms with E-state index in [1.807, 2.05) is 42.6 Å². The van der Waals surface area contributed by atoms with Crippen LogP contribution in [0.4, 0.5) is 0 Å². The number of aromatic nitrogens is 3. The van der Waals surface area contributed by atoms with Crippen molar-refractivity contribution >= 4 is 46.2 Å². The van der Waals surface area contributed by atoms with E-state index in [2.05, 4.69) is 182 Å². The first-order valence-corrected chi connectivity index (χ1v) is 22.8. The number of hydrogen-bond acceptors (Lipinski definition) is 3. The zero-order chi connectivity index (χ0) is 38.9. The normalized spacial score (nSPS) is 11.3. The molecule has 0 amide bonds. The van der Waals surface area contributed by atoms with Gasteiger partial charge in [0, 0.05) is 42.8 Å². The van der Waals surface area contributed by atoms with E-state index in [4.69, 9.17) is 9.40 Å². The summed E-state index contributed by atoms with van der Waals surface area (Å²) in [6, 6.07) is 65.4. The Bertz CT molecular complexity index is 2930. The average molecular weight is 944 g/mol. The number of pyridine rings is 1. The molecule has 10 aromatic rings. The second-order valence-electron chi connectivity index (χ2n) is 15.3. The van der Waals surface area contributed by atoms with Crippen LogP contribution in [0.2, 0.25) is 19.6 Å². The van der Waals surface area contributed by atoms with Crippen molar-refractivity contribution in [2.75, 3.05) is 0 Å². The van der Waals surface area contributed by atoms with Crippen LogP contribution < -0.4 is 5.19 Å². The van der Waals surface area contributed by atoms with E-state index in [0.29, 0.717) is 0 Å². The fourth-order valence-electron chi connectivity index (χ4n) is 7.47. The van der Waals surface area contributed by atoms with Crippen LogP contribution in [0.5, 0.6) is 0 Å². The predicted molar refractivity (Wildman–Crippen MR) is 240 cm³/mol. The molecule has 1 radical (unpaired) electrons. The molecule has 0 bridgehead atoms. The smallest absolute Gasteiger partial charge is 0.121 e. The monoisotopic (exact) mass is 944 g/mol. The summed E-state index contributed by atoms with van der Waals surface area (Å²) in [5.41, 5.74) is 13.3. The van der Waals surface area contributed by atoms with E-state index >= 15 is 0 Å². The van der Waals surface area contributed by atoms with Gasteiger partial charge in [-0.25, -0.2) is 0 Å². The first-order chi connectivity index (χ1) is 27.8. The number of hydrogen-bond donors (Lipinski definition) is 0. The number of benzene rings is 7. The van der Waals surface area contributed by atoms with Crippen molar-refractivity contribution in [3.63, 3.8) is 0 Å². The molecule has 0 saturated heterocycles. The molecule has 0 aliphatic carbocycles. The predicted octanol–water partition coefficient (Wildman–Crippen LogP) is 13.1. The summed E-state index contributed by atoms with van der Waals surface area (Å²) in [6.45, 7) is 9.08. The van der Waals surface area contributed by atoms with Crippen molar-refractivity contribution in [1.82, 2.24) is 14.5 Å². The summed E-state index contributed by atoms with van der Waals surface area (Å²) < 4.78 is 8.85. The molecule has 285 valence electrons. The minimum absolute atomic E-state index is 0. The molecule has 58 heavy (non-hydrogen) atoms. The summed E-state index contributed by atoms with van der Waals surface area (Å²) >= 11 is 0. The van der Waals surface area contributed by atoms with Crippen molar-refractivity contribution in [2.24, 2.45) is 0 Å². The van der Waals surface area contributed by atoms with Gasteiger partial charge in [0.15, 0.2) is 0 Å². The fourth-order valence-corrected chi connectivity index (χ4v) is 8.51. The Morgan fingerprint density at radius 1 is 0.621 bits per heavy atom. The first kappa shape index (κ1) is 38.7. The topological polar surface area (TPSA) is 43.9 Å². The van der Waals surface area contributed by atoms with Gasteiger partial charge in [-0.2, -0.15) is 0 Å². The van der Waals surface area contributed by atoms with Crippen LogP contribution in [0.15, 0.2) is 180 Å². The molecule has 0 aliphatic rings. The molecule has 3 heterocycles. The summed E-state index contributed by atoms with van der Waals surface area (Å²) in [7, 11) is -1.23. The molecule has 6 heteroatoms. The Morgan fingerprint density at radius 3 is 1.97 bits per heavy atom. The minimum Gasteiger partial charge on any atom is -0.501 e. The van der Waals surface area contributed by atoms with Gasteiger partial charge in [0.25, 0.3) is 0 Å². The summed E-state index contributed by atoms with van der Waals surface area (Å²) in [4.78, 5) is 9.76. The minimum atomic E-state index is -1.23. The number of nitrogens with zero attached hydrogens (tertiary/aromatic N) is 3. The van der Waals surface area contributed by atoms with Crippen LogP contribution in [-0.4, -0.2) is 22.6 Å². The Morgan fingerprint density at radius 2 is 1.31 bits per heavy atom. The van der Waals surface area contributed by atoms with E-state index < -0.39 is 8.07 Å². The largest absolute Gasteiger partial charge is 0.501 e. The molecular formula is C52H41IrN3OSi-2. The maximum atomic E-state index is 6.55. The van der Waals surface area contributed by atoms with Gasteiger partial charge in [-0.15, -0.1) is 54.1 Å². The number of para-hydroxylation sites is 3. The van der Waals surface area contributed by atoms with Crippen LogP contribution in [0.3, 0.4) is 0 Å². The third-order valence-corrected chi connectivity index (χ3v) is 12.4. The number of aryl methyl sites for hydroxylation is 1. The SMILES string of the molecule is C[Si](C)(C)c1ccc(-c2[c-]cccc2)nc1.Cc1ccc2c(c1)oc1c(-c3nc4ccccc4n3-c3c(-c4ccccc4)cccc3-c3ccccc3)[c-]ccc12.[Ir]. The van der Waals surface area contributed by atoms with Crippen LogP contribution in [0.25, 0.3) is 83.6 Å². The number of fused-ring (bicyclic) bond motifs is 4. The van der Waals surface area contributed by atoms with Gasteiger partial charge >= 0.3 is 0 Å². The van der Waals surface area contributed by atoms with Crippen molar-refractivity contribution in [3.8, 4) is 50.6 Å². The van der Waals surface area contributed by atoms with Crippen molar-refractivity contribution in [2.45, 2.75) is 26.6 Å². The number of furan rings is 1. The van der Waals surface area contributed by atoms with Crippen molar-refractivity contribution in [3.05, 3.63) is 194 Å². The van der Waals surface area contributed by atoms with Crippen LogP contribution >= 0.6 is 0 Å². The third-order valence-electron chi connectivity index (χ3n) is 10.4. The molecule has 4 nitrogen and oxygen atoms in total. The number of rotatable bonds is 6. The van der Waals surface area contributed by atoms with Crippen LogP contribution in [0, 0.1) is 19.1 Å². The van der Waals surface area contributed by atoms with E-state index in [1.54, 1.807) is 0 Å². The maximum absolute atomic E-state index is 6.55. The average Bonchev–Trinajstić information content (AvgIpc) is 3.82. The summed E-state index contributed by atoms with van der Waals surface area (Å²) in [5.74, 6) is 0.799. The van der Waals surface area contributed by atoms with Crippen molar-refractivity contribution < 1.29 is 24.5 Å². The maximum Gasteiger partial charge on any atom is 0.121 e. The Labute approximate surface area is 354 Å². The molecule has 0 aliphatic heterocycles. The van der Waals surface area contributed by atoms with Gasteiger partial charge < -0.3 is 14.0 Å². The molecule has 0 spiro atoms. The molecule has 0 saturated carbocycles. The van der Waals surface area contributed by atoms with Crippen LogP contribution in [0.1, 0.15) is 5.56 Å². The summed E-state index contributed by atoms with van der Waals surface area (Å²) in [5, 5.41) is 3.55. The molecular weight excluding hydrogens is 903 g/mol. The van der Waals surface area contributed by atoms with Gasteiger partial charge in [0.1, 0.15) is 5.58 Å². The molecule has 0 atom stereocenters. The zero-order valence-corrected chi connectivity index (χ0v) is 36.2. The molecule has 0 N–H and O–H groups in total. The molecule has 0 unspecified atom stereocenters. The van der Waals surface area contributed by atoms with Gasteiger partial charge in [-0.3, -0.25) is 4.98 Å². The van der Waals surface area contributed by atoms with E-state index in [0.717, 1.165) is 83.6 Å². The molecule has 0 fully saturated rings. The summed E-state index contributed by atoms with van der Waals surface area (Å²) in [6.07, 6.45) is 2.02. The van der Waals surface area contributed by atoms with Gasteiger partial charge in [-0.05, 0) is 52.7 Å². The quantitative estimate of drug-likeness (QED) is 0.123. The van der Waals surface area contributed by atoms with E-state index in [-0.39, 0.29) is 20.1 Å². The van der Waals surface area contributed by atoms with Gasteiger partial charge in [-0.1, -0.05) is 146 Å². The van der Waals surface area contributed by atoms with Crippen molar-refractivity contribution in [1.29, 1.82) is 0 Å². The van der Waals surface area contributed by atoms with E-state index in [9.17, 15) is 0 Å². The second-order valence-corrected chi connectivity index (χ2v) is 20.4. The van der Waals surface area contributed by atoms with E-state index in [1.165, 1.54) is 10.8 Å². The molecule has 7 aromatic carbocycles. The molecule has 10 rings (SSSR count). The Kier molecular flexibility index (Phi) is 10.9. The second kappa shape index (κ2) is 16.4.